The van der Waals surface area contributed by atoms with Gasteiger partial charge in [-0.05, 0) is 0 Å². The monoisotopic (exact) mass is 200 g/mol. The van der Waals surface area contributed by atoms with Gasteiger partial charge in [-0.3, -0.25) is 4.52 Å². The van der Waals surface area contributed by atoms with Crippen molar-refractivity contribution in [2.24, 2.45) is 0 Å². The predicted octanol–water partition coefficient (Wildman–Crippen LogP) is -0.926. The van der Waals surface area contributed by atoms with Gasteiger partial charge in [0.05, 0.1) is 0 Å². The Morgan fingerprint density at radius 2 is 1.62 bits per heavy atom. The molecule has 0 atom stereocenters. The van der Waals surface area contributed by atoms with Crippen LogP contribution in [0.15, 0.2) is 0 Å². The minimum absolute atomic E-state index is 0. The molecule has 0 saturated heterocycles. The van der Waals surface area contributed by atoms with Crippen LogP contribution in [0, 0.1) is 0 Å². The fraction of sp³-hybridized carbons (Fsp3) is 1.00. The van der Waals surface area contributed by atoms with E-state index in [1.807, 2.05) is 0 Å². The van der Waals surface area contributed by atoms with Crippen molar-refractivity contribution in [3.63, 3.8) is 0 Å². The van der Waals surface area contributed by atoms with Crippen molar-refractivity contribution in [3.05, 3.63) is 0 Å². The summed E-state index contributed by atoms with van der Waals surface area (Å²) in [7, 11) is -3.20. The van der Waals surface area contributed by atoms with Gasteiger partial charge in [0, 0.05) is 26.6 Å². The van der Waals surface area contributed by atoms with E-state index in [2.05, 4.69) is 4.52 Å². The van der Waals surface area contributed by atoms with Gasteiger partial charge in [0.25, 0.3) is 0 Å². The van der Waals surface area contributed by atoms with Crippen LogP contribution >= 0.6 is 7.82 Å². The van der Waals surface area contributed by atoms with E-state index in [4.69, 9.17) is 9.79 Å². The molecule has 0 spiro atoms. The molecule has 0 fully saturated rings. The van der Waals surface area contributed by atoms with E-state index in [-0.39, 0.29) is 49.0 Å². The van der Waals surface area contributed by atoms with E-state index in [1.165, 1.54) is 0 Å². The minimum Gasteiger partial charge on any atom is 0 e. The maximum atomic E-state index is 9.47. The molecule has 0 aromatic heterocycles. The van der Waals surface area contributed by atoms with Crippen LogP contribution in [-0.4, -0.2) is 46.5 Å². The summed E-state index contributed by atoms with van der Waals surface area (Å²) >= 11 is 0. The molecule has 8 heavy (non-hydrogen) atoms. The summed E-state index contributed by atoms with van der Waals surface area (Å²) in [5.41, 5.74) is 0. The van der Waals surface area contributed by atoms with Crippen molar-refractivity contribution in [1.29, 1.82) is 0 Å². The van der Waals surface area contributed by atoms with Crippen LogP contribution in [0.25, 0.3) is 0 Å². The first-order valence-electron chi connectivity index (χ1n) is 1.17. The second-order valence-electron chi connectivity index (χ2n) is 0.673. The van der Waals surface area contributed by atoms with Crippen molar-refractivity contribution in [3.8, 4) is 0 Å². The second kappa shape index (κ2) is 6.85. The van der Waals surface area contributed by atoms with Gasteiger partial charge in [0.1, 0.15) is 0 Å². The van der Waals surface area contributed by atoms with E-state index in [0.717, 1.165) is 7.11 Å². The van der Waals surface area contributed by atoms with E-state index in [9.17, 15) is 4.57 Å². The van der Waals surface area contributed by atoms with Gasteiger partial charge < -0.3 is 9.79 Å². The Balaban J connectivity index is -0.000000125. The molecule has 0 aliphatic rings. The average Bonchev–Trinajstić information content (AvgIpc) is 1.35. The molecular weight excluding hydrogens is 195 g/mol. The Morgan fingerprint density at radius 3 is 1.62 bits per heavy atom. The van der Waals surface area contributed by atoms with Gasteiger partial charge in [-0.25, -0.2) is 4.57 Å². The van der Waals surface area contributed by atoms with Gasteiger partial charge in [0.15, 0.2) is 0 Å². The van der Waals surface area contributed by atoms with Crippen LogP contribution in [0.3, 0.4) is 0 Å². The van der Waals surface area contributed by atoms with Crippen molar-refractivity contribution < 1.29 is 38.4 Å². The Hall–Kier alpha value is 1.73. The maximum Gasteiger partial charge on any atom is 0 e. The van der Waals surface area contributed by atoms with Crippen LogP contribution < -0.4 is 0 Å². The summed E-state index contributed by atoms with van der Waals surface area (Å²) in [6, 6.07) is 0. The molecule has 0 bridgehead atoms. The van der Waals surface area contributed by atoms with E-state index in [1.54, 1.807) is 0 Å². The quantitative estimate of drug-likeness (QED) is 0.425. The Bertz CT molecular complexity index is 80.1. The summed E-state index contributed by atoms with van der Waals surface area (Å²) in [5.74, 6) is 0. The molecule has 0 rings (SSSR count). The third-order valence-corrected chi connectivity index (χ3v) is 0.714. The maximum absolute atomic E-state index is 9.47. The van der Waals surface area contributed by atoms with E-state index in [0.29, 0.717) is 0 Å². The van der Waals surface area contributed by atoms with Crippen molar-refractivity contribution in [2.75, 3.05) is 7.11 Å². The first-order valence-corrected chi connectivity index (χ1v) is 2.70. The molecule has 0 heterocycles. The normalized spacial score (nSPS) is 8.88. The summed E-state index contributed by atoms with van der Waals surface area (Å²) in [6.07, 6.45) is 0. The second-order valence-corrected chi connectivity index (χ2v) is 2.02. The molecule has 0 unspecified atom stereocenters. The fourth-order valence-corrected chi connectivity index (χ4v) is 0. The summed E-state index contributed by atoms with van der Waals surface area (Å²) in [4.78, 5) is 15.4. The molecule has 0 amide bonds. The van der Waals surface area contributed by atoms with Gasteiger partial charge in [-0.2, -0.15) is 0 Å². The zero-order valence-corrected chi connectivity index (χ0v) is 7.73. The molecule has 2 N–H and O–H groups in total. The summed E-state index contributed by atoms with van der Waals surface area (Å²) < 4.78 is 13.1. The van der Waals surface area contributed by atoms with Crippen LogP contribution in [-0.2, 0) is 28.6 Å². The largest absolute Gasteiger partial charge is 0 e. The van der Waals surface area contributed by atoms with E-state index >= 15 is 0 Å². The molecule has 0 aliphatic carbocycles. The molecule has 0 aromatic carbocycles. The molecule has 7 heteroatoms. The number of rotatable bonds is 1. The van der Waals surface area contributed by atoms with Crippen molar-refractivity contribution in [2.45, 2.75) is 0 Å². The van der Waals surface area contributed by atoms with Crippen LogP contribution in [0.4, 0.5) is 0 Å². The van der Waals surface area contributed by atoms with Crippen LogP contribution in [0.1, 0.15) is 0 Å². The average molecular weight is 201 g/mol. The van der Waals surface area contributed by atoms with Crippen LogP contribution in [0.2, 0.25) is 0 Å². The topological polar surface area (TPSA) is 66.8 Å². The third-order valence-electron chi connectivity index (χ3n) is 0.238. The third kappa shape index (κ3) is 15.6. The summed E-state index contributed by atoms with van der Waals surface area (Å²) in [6.45, 7) is 0. The molecular formula is CH6NaO4PZn. The first kappa shape index (κ1) is 16.4. The Kier molecular flexibility index (Phi) is 14.0. The Morgan fingerprint density at radius 1 is 1.50 bits per heavy atom. The predicted molar refractivity (Wildman–Crippen MR) is 26.2 cm³/mol. The number of hydrogen-bond donors (Lipinski definition) is 2. The molecule has 42 valence electrons. The first-order chi connectivity index (χ1) is 2.56. The zero-order valence-electron chi connectivity index (χ0n) is 3.87. The van der Waals surface area contributed by atoms with Gasteiger partial charge in [-0.1, -0.05) is 0 Å². The molecule has 4 nitrogen and oxygen atoms in total. The van der Waals surface area contributed by atoms with Crippen LogP contribution in [0.5, 0.6) is 0 Å². The fourth-order valence-electron chi connectivity index (χ4n) is 0. The molecule has 0 aromatic rings. The SMILES string of the molecule is COP(=O)(O)O.[NaH].[Zn]. The number of phosphoric ester groups is 1. The standard InChI is InChI=1S/CH5O4P.Na.Zn.H/c1-5-6(2,3)4;;;/h1H3,(H2,2,3,4);;;. The van der Waals surface area contributed by atoms with Gasteiger partial charge in [0.2, 0.25) is 0 Å². The summed E-state index contributed by atoms with van der Waals surface area (Å²) in [5, 5.41) is 0. The van der Waals surface area contributed by atoms with E-state index < -0.39 is 7.82 Å². The van der Waals surface area contributed by atoms with Crippen molar-refractivity contribution >= 4 is 37.4 Å². The number of phosphoric acid groups is 1. The molecule has 0 radical (unpaired) electrons. The zero-order chi connectivity index (χ0) is 5.21. The van der Waals surface area contributed by atoms with Gasteiger partial charge >= 0.3 is 37.4 Å². The molecule has 0 aliphatic heterocycles. The Labute approximate surface area is 82.3 Å². The minimum atomic E-state index is -4.15. The van der Waals surface area contributed by atoms with Gasteiger partial charge in [-0.15, -0.1) is 0 Å². The number of hydrogen-bond acceptors (Lipinski definition) is 2. The smallest absolute Gasteiger partial charge is 0 e. The molecule has 0 saturated carbocycles. The van der Waals surface area contributed by atoms with Crippen molar-refractivity contribution in [1.82, 2.24) is 0 Å².